The summed E-state index contributed by atoms with van der Waals surface area (Å²) in [6.45, 7) is 0.973. The maximum atomic E-state index is 13.1. The molecule has 3 rings (SSSR count). The molecule has 6 heteroatoms. The lowest BCUT2D eigenvalue weighted by Crippen LogP contribution is -2.47. The minimum atomic E-state index is -2.58. The highest BCUT2D eigenvalue weighted by atomic mass is 19.3. The fourth-order valence-corrected chi connectivity index (χ4v) is 3.07. The zero-order valence-electron chi connectivity index (χ0n) is 12.3. The van der Waals surface area contributed by atoms with Crippen molar-refractivity contribution < 1.29 is 18.3 Å². The van der Waals surface area contributed by atoms with Crippen LogP contribution in [0.5, 0.6) is 0 Å². The van der Waals surface area contributed by atoms with Crippen molar-refractivity contribution >= 4 is 6.03 Å². The second-order valence-electron chi connectivity index (χ2n) is 6.01. The van der Waals surface area contributed by atoms with E-state index in [0.29, 0.717) is 26.1 Å². The minimum absolute atomic E-state index is 0.159. The van der Waals surface area contributed by atoms with Gasteiger partial charge in [-0.15, -0.1) is 0 Å². The van der Waals surface area contributed by atoms with Crippen molar-refractivity contribution in [2.45, 2.75) is 50.3 Å². The molecule has 2 N–H and O–H groups in total. The molecule has 1 aliphatic heterocycles. The number of nitrogens with one attached hydrogen (secondary N) is 2. The molecule has 1 unspecified atom stereocenters. The SMILES string of the molecule is O=C(NC1CCC(F)(F)CC1)NC1COCc2ccccc21. The lowest BCUT2D eigenvalue weighted by molar-refractivity contribution is -0.0395. The van der Waals surface area contributed by atoms with E-state index >= 15 is 0 Å². The van der Waals surface area contributed by atoms with Gasteiger partial charge in [-0.25, -0.2) is 13.6 Å². The number of amides is 2. The van der Waals surface area contributed by atoms with E-state index in [0.717, 1.165) is 11.1 Å². The third-order valence-corrected chi connectivity index (χ3v) is 4.33. The van der Waals surface area contributed by atoms with E-state index in [9.17, 15) is 13.6 Å². The molecule has 22 heavy (non-hydrogen) atoms. The van der Waals surface area contributed by atoms with E-state index in [1.807, 2.05) is 24.3 Å². The van der Waals surface area contributed by atoms with Crippen LogP contribution in [0.25, 0.3) is 0 Å². The third kappa shape index (κ3) is 3.55. The Labute approximate surface area is 128 Å². The Kier molecular flexibility index (Phi) is 4.29. The van der Waals surface area contributed by atoms with Crippen LogP contribution in [-0.2, 0) is 11.3 Å². The molecule has 0 radical (unpaired) electrons. The number of alkyl halides is 2. The number of carbonyl (C=O) groups excluding carboxylic acids is 1. The van der Waals surface area contributed by atoms with Crippen LogP contribution in [-0.4, -0.2) is 24.6 Å². The molecule has 0 spiro atoms. The van der Waals surface area contributed by atoms with Crippen LogP contribution in [0.15, 0.2) is 24.3 Å². The van der Waals surface area contributed by atoms with Gasteiger partial charge in [0, 0.05) is 18.9 Å². The number of halogens is 2. The van der Waals surface area contributed by atoms with Crippen LogP contribution < -0.4 is 10.6 Å². The van der Waals surface area contributed by atoms with Gasteiger partial charge in [0.2, 0.25) is 5.92 Å². The Bertz CT molecular complexity index is 541. The Hall–Kier alpha value is -1.69. The van der Waals surface area contributed by atoms with E-state index in [1.165, 1.54) is 0 Å². The van der Waals surface area contributed by atoms with E-state index < -0.39 is 5.92 Å². The zero-order chi connectivity index (χ0) is 15.6. The third-order valence-electron chi connectivity index (χ3n) is 4.33. The first-order valence-electron chi connectivity index (χ1n) is 7.64. The molecule has 1 fully saturated rings. The van der Waals surface area contributed by atoms with Crippen molar-refractivity contribution in [3.05, 3.63) is 35.4 Å². The average molecular weight is 310 g/mol. The summed E-state index contributed by atoms with van der Waals surface area (Å²) in [4.78, 5) is 12.1. The Balaban J connectivity index is 1.55. The summed E-state index contributed by atoms with van der Waals surface area (Å²) in [5.41, 5.74) is 2.12. The normalized spacial score (nSPS) is 24.4. The molecule has 0 bridgehead atoms. The van der Waals surface area contributed by atoms with Crippen molar-refractivity contribution in [2.24, 2.45) is 0 Å². The first kappa shape index (κ1) is 15.2. The summed E-state index contributed by atoms with van der Waals surface area (Å²) in [7, 11) is 0. The molecule has 4 nitrogen and oxygen atoms in total. The van der Waals surface area contributed by atoms with Gasteiger partial charge in [0.05, 0.1) is 19.3 Å². The first-order chi connectivity index (χ1) is 10.5. The fraction of sp³-hybridized carbons (Fsp3) is 0.562. The number of ether oxygens (including phenoxy) is 1. The maximum absolute atomic E-state index is 13.1. The van der Waals surface area contributed by atoms with Crippen LogP contribution in [0.1, 0.15) is 42.9 Å². The smallest absolute Gasteiger partial charge is 0.315 e. The predicted molar refractivity (Wildman–Crippen MR) is 77.7 cm³/mol. The van der Waals surface area contributed by atoms with Gasteiger partial charge >= 0.3 is 6.03 Å². The van der Waals surface area contributed by atoms with Crippen LogP contribution >= 0.6 is 0 Å². The van der Waals surface area contributed by atoms with Gasteiger partial charge in [-0.1, -0.05) is 24.3 Å². The van der Waals surface area contributed by atoms with Gasteiger partial charge in [-0.3, -0.25) is 0 Å². The lowest BCUT2D eigenvalue weighted by Gasteiger charge is -2.30. The molecule has 2 amide bonds. The van der Waals surface area contributed by atoms with Gasteiger partial charge in [-0.05, 0) is 24.0 Å². The molecule has 1 atom stereocenters. The molecule has 1 heterocycles. The van der Waals surface area contributed by atoms with Crippen LogP contribution in [0.3, 0.4) is 0 Å². The first-order valence-corrected chi connectivity index (χ1v) is 7.64. The molecule has 0 aromatic heterocycles. The summed E-state index contributed by atoms with van der Waals surface area (Å²) in [5, 5.41) is 5.68. The molecule has 1 aromatic rings. The summed E-state index contributed by atoms with van der Waals surface area (Å²) >= 11 is 0. The quantitative estimate of drug-likeness (QED) is 0.882. The van der Waals surface area contributed by atoms with Crippen molar-refractivity contribution in [2.75, 3.05) is 6.61 Å². The van der Waals surface area contributed by atoms with Crippen LogP contribution in [0.2, 0.25) is 0 Å². The van der Waals surface area contributed by atoms with Crippen molar-refractivity contribution in [3.63, 3.8) is 0 Å². The van der Waals surface area contributed by atoms with Crippen molar-refractivity contribution in [1.29, 1.82) is 0 Å². The number of rotatable bonds is 2. The van der Waals surface area contributed by atoms with Gasteiger partial charge in [0.15, 0.2) is 0 Å². The number of hydrogen-bond acceptors (Lipinski definition) is 2. The monoisotopic (exact) mass is 310 g/mol. The van der Waals surface area contributed by atoms with E-state index in [2.05, 4.69) is 10.6 Å². The topological polar surface area (TPSA) is 50.4 Å². The largest absolute Gasteiger partial charge is 0.374 e. The highest BCUT2D eigenvalue weighted by Gasteiger charge is 2.35. The van der Waals surface area contributed by atoms with E-state index in [4.69, 9.17) is 4.74 Å². The summed E-state index contributed by atoms with van der Waals surface area (Å²) in [6.07, 6.45) is 0.316. The van der Waals surface area contributed by atoms with Gasteiger partial charge < -0.3 is 15.4 Å². The lowest BCUT2D eigenvalue weighted by atomic mass is 9.92. The Morgan fingerprint density at radius 2 is 1.91 bits per heavy atom. The summed E-state index contributed by atoms with van der Waals surface area (Å²) < 4.78 is 31.7. The average Bonchev–Trinajstić information content (AvgIpc) is 2.50. The molecule has 120 valence electrons. The molecule has 0 saturated heterocycles. The standard InChI is InChI=1S/C16H20F2N2O2/c17-16(18)7-5-12(6-8-16)19-15(21)20-14-10-22-9-11-3-1-2-4-13(11)14/h1-4,12,14H,5-10H2,(H2,19,20,21). The predicted octanol–water partition coefficient (Wildman–Crippen LogP) is 3.14. The number of hydrogen-bond donors (Lipinski definition) is 2. The number of fused-ring (bicyclic) bond motifs is 1. The minimum Gasteiger partial charge on any atom is -0.374 e. The number of urea groups is 1. The Morgan fingerprint density at radius 1 is 1.18 bits per heavy atom. The maximum Gasteiger partial charge on any atom is 0.315 e. The second kappa shape index (κ2) is 6.20. The van der Waals surface area contributed by atoms with Gasteiger partial charge in [0.1, 0.15) is 0 Å². The van der Waals surface area contributed by atoms with Crippen LogP contribution in [0, 0.1) is 0 Å². The summed E-state index contributed by atoms with van der Waals surface area (Å²) in [5.74, 6) is -2.58. The second-order valence-corrected chi connectivity index (χ2v) is 6.01. The molecule has 1 aliphatic carbocycles. The number of carbonyl (C=O) groups is 1. The van der Waals surface area contributed by atoms with Gasteiger partial charge in [-0.2, -0.15) is 0 Å². The van der Waals surface area contributed by atoms with Crippen molar-refractivity contribution in [1.82, 2.24) is 10.6 Å². The Morgan fingerprint density at radius 3 is 2.68 bits per heavy atom. The highest BCUT2D eigenvalue weighted by molar-refractivity contribution is 5.75. The molecule has 1 aromatic carbocycles. The van der Waals surface area contributed by atoms with Gasteiger partial charge in [0.25, 0.3) is 0 Å². The van der Waals surface area contributed by atoms with E-state index in [1.54, 1.807) is 0 Å². The van der Waals surface area contributed by atoms with Crippen molar-refractivity contribution in [3.8, 4) is 0 Å². The molecule has 1 saturated carbocycles. The molecular formula is C16H20F2N2O2. The van der Waals surface area contributed by atoms with Crippen LogP contribution in [0.4, 0.5) is 13.6 Å². The highest BCUT2D eigenvalue weighted by Crippen LogP contribution is 2.33. The van der Waals surface area contributed by atoms with E-state index in [-0.39, 0.29) is 31.0 Å². The number of benzene rings is 1. The molecular weight excluding hydrogens is 290 g/mol. The fourth-order valence-electron chi connectivity index (χ4n) is 3.07. The molecule has 2 aliphatic rings. The zero-order valence-corrected chi connectivity index (χ0v) is 12.3. The summed E-state index contributed by atoms with van der Waals surface area (Å²) in [6, 6.07) is 7.12.